The van der Waals surface area contributed by atoms with Gasteiger partial charge in [0, 0.05) is 31.0 Å². The number of aromatic nitrogens is 2. The van der Waals surface area contributed by atoms with Gasteiger partial charge in [-0.15, -0.1) is 0 Å². The van der Waals surface area contributed by atoms with Crippen LogP contribution in [0.4, 0.5) is 5.69 Å². The van der Waals surface area contributed by atoms with Crippen molar-refractivity contribution in [2.75, 3.05) is 4.90 Å². The van der Waals surface area contributed by atoms with Gasteiger partial charge in [-0.3, -0.25) is 0 Å². The number of para-hydroxylation sites is 1. The molecular weight excluding hydrogens is 254 g/mol. The van der Waals surface area contributed by atoms with Gasteiger partial charge in [-0.05, 0) is 18.6 Å². The fourth-order valence-electron chi connectivity index (χ4n) is 2.80. The second-order valence-corrected chi connectivity index (χ2v) is 4.94. The van der Waals surface area contributed by atoms with Crippen LogP contribution < -0.4 is 4.90 Å². The number of nitrogens with zero attached hydrogens (tertiary/aromatic N) is 3. The third-order valence-electron chi connectivity index (χ3n) is 3.83. The van der Waals surface area contributed by atoms with Gasteiger partial charge in [-0.25, -0.2) is 9.78 Å². The largest absolute Gasteiger partial charge is 0.480 e. The van der Waals surface area contributed by atoms with Crippen LogP contribution in [0, 0.1) is 0 Å². The number of carboxylic acids is 1. The summed E-state index contributed by atoms with van der Waals surface area (Å²) in [7, 11) is 0. The predicted molar refractivity (Wildman–Crippen MR) is 75.7 cm³/mol. The van der Waals surface area contributed by atoms with E-state index in [4.69, 9.17) is 0 Å². The van der Waals surface area contributed by atoms with Gasteiger partial charge in [0.05, 0.1) is 6.54 Å². The number of hydrogen-bond donors (Lipinski definition) is 1. The zero-order valence-corrected chi connectivity index (χ0v) is 11.4. The minimum Gasteiger partial charge on any atom is -0.480 e. The standard InChI is InChI=1S/C15H17N3O2/c1-2-17-8-7-16-14(17)10-18-12-6-4-3-5-11(12)9-13(18)15(19)20/h3-8,13H,2,9-10H2,1H3,(H,19,20). The molecule has 1 atom stereocenters. The van der Waals surface area contributed by atoms with E-state index in [1.165, 1.54) is 0 Å². The molecule has 0 spiro atoms. The third kappa shape index (κ3) is 2.05. The van der Waals surface area contributed by atoms with Gasteiger partial charge in [-0.2, -0.15) is 0 Å². The number of benzene rings is 1. The average molecular weight is 271 g/mol. The monoisotopic (exact) mass is 271 g/mol. The molecule has 0 fully saturated rings. The minimum absolute atomic E-state index is 0.505. The molecule has 2 heterocycles. The minimum atomic E-state index is -0.782. The van der Waals surface area contributed by atoms with Crippen LogP contribution in [0.25, 0.3) is 0 Å². The second-order valence-electron chi connectivity index (χ2n) is 4.94. The van der Waals surface area contributed by atoms with E-state index in [1.54, 1.807) is 6.20 Å². The Hall–Kier alpha value is -2.30. The summed E-state index contributed by atoms with van der Waals surface area (Å²) in [5.41, 5.74) is 2.10. The number of carbonyl (C=O) groups is 1. The molecule has 1 aliphatic rings. The molecule has 0 saturated carbocycles. The van der Waals surface area contributed by atoms with E-state index >= 15 is 0 Å². The zero-order valence-electron chi connectivity index (χ0n) is 11.4. The Balaban J connectivity index is 1.95. The number of anilines is 1. The van der Waals surface area contributed by atoms with Crippen LogP contribution in [0.2, 0.25) is 0 Å². The maximum Gasteiger partial charge on any atom is 0.326 e. The lowest BCUT2D eigenvalue weighted by molar-refractivity contribution is -0.138. The van der Waals surface area contributed by atoms with E-state index in [-0.39, 0.29) is 0 Å². The lowest BCUT2D eigenvalue weighted by Gasteiger charge is -2.24. The van der Waals surface area contributed by atoms with Crippen LogP contribution in [-0.4, -0.2) is 26.7 Å². The Morgan fingerprint density at radius 3 is 3.00 bits per heavy atom. The summed E-state index contributed by atoms with van der Waals surface area (Å²) in [4.78, 5) is 17.8. The van der Waals surface area contributed by atoms with E-state index in [1.807, 2.05) is 39.9 Å². The van der Waals surface area contributed by atoms with Crippen molar-refractivity contribution in [2.45, 2.75) is 32.5 Å². The van der Waals surface area contributed by atoms with Crippen molar-refractivity contribution >= 4 is 11.7 Å². The first kappa shape index (κ1) is 12.7. The summed E-state index contributed by atoms with van der Waals surface area (Å²) in [5, 5.41) is 9.44. The van der Waals surface area contributed by atoms with Gasteiger partial charge < -0.3 is 14.6 Å². The highest BCUT2D eigenvalue weighted by Crippen LogP contribution is 2.33. The molecule has 5 nitrogen and oxygen atoms in total. The van der Waals surface area contributed by atoms with Gasteiger partial charge >= 0.3 is 5.97 Å². The molecule has 1 N–H and O–H groups in total. The van der Waals surface area contributed by atoms with Gasteiger partial charge in [0.15, 0.2) is 0 Å². The molecule has 0 bridgehead atoms. The van der Waals surface area contributed by atoms with E-state index in [9.17, 15) is 9.90 Å². The molecule has 5 heteroatoms. The highest BCUT2D eigenvalue weighted by Gasteiger charge is 2.34. The molecule has 104 valence electrons. The number of aliphatic carboxylic acids is 1. The molecule has 0 saturated heterocycles. The van der Waals surface area contributed by atoms with E-state index in [2.05, 4.69) is 11.9 Å². The molecule has 0 radical (unpaired) electrons. The lowest BCUT2D eigenvalue weighted by Crippen LogP contribution is -2.38. The van der Waals surface area contributed by atoms with Crippen molar-refractivity contribution < 1.29 is 9.90 Å². The van der Waals surface area contributed by atoms with Gasteiger partial charge in [-0.1, -0.05) is 18.2 Å². The molecule has 1 unspecified atom stereocenters. The molecule has 0 aliphatic carbocycles. The predicted octanol–water partition coefficient (Wildman–Crippen LogP) is 1.92. The summed E-state index contributed by atoms with van der Waals surface area (Å²) in [5.74, 6) is 0.117. The fraction of sp³-hybridized carbons (Fsp3) is 0.333. The first-order chi connectivity index (χ1) is 9.70. The van der Waals surface area contributed by atoms with Crippen molar-refractivity contribution in [3.05, 3.63) is 48.0 Å². The fourth-order valence-corrected chi connectivity index (χ4v) is 2.80. The Kier molecular flexibility index (Phi) is 3.18. The summed E-state index contributed by atoms with van der Waals surface area (Å²) in [6.45, 7) is 3.41. The van der Waals surface area contributed by atoms with Crippen LogP contribution in [-0.2, 0) is 24.3 Å². The van der Waals surface area contributed by atoms with Crippen LogP contribution >= 0.6 is 0 Å². The van der Waals surface area contributed by atoms with Crippen molar-refractivity contribution in [1.29, 1.82) is 0 Å². The van der Waals surface area contributed by atoms with Gasteiger partial charge in [0.2, 0.25) is 0 Å². The molecule has 3 rings (SSSR count). The van der Waals surface area contributed by atoms with E-state index in [0.717, 1.165) is 23.6 Å². The Bertz CT molecular complexity index is 636. The quantitative estimate of drug-likeness (QED) is 0.923. The van der Waals surface area contributed by atoms with Gasteiger partial charge in [0.1, 0.15) is 11.9 Å². The zero-order chi connectivity index (χ0) is 14.1. The summed E-state index contributed by atoms with van der Waals surface area (Å²) in [6.07, 6.45) is 4.24. The van der Waals surface area contributed by atoms with E-state index in [0.29, 0.717) is 13.0 Å². The first-order valence-corrected chi connectivity index (χ1v) is 6.78. The normalized spacial score (nSPS) is 17.2. The maximum atomic E-state index is 11.5. The molecule has 0 amide bonds. The highest BCUT2D eigenvalue weighted by atomic mass is 16.4. The van der Waals surface area contributed by atoms with Crippen molar-refractivity contribution in [2.24, 2.45) is 0 Å². The molecule has 1 aliphatic heterocycles. The number of aryl methyl sites for hydroxylation is 1. The number of fused-ring (bicyclic) bond motifs is 1. The first-order valence-electron chi connectivity index (χ1n) is 6.78. The van der Waals surface area contributed by atoms with Crippen molar-refractivity contribution in [3.63, 3.8) is 0 Å². The van der Waals surface area contributed by atoms with E-state index < -0.39 is 12.0 Å². The number of rotatable bonds is 4. The molecule has 20 heavy (non-hydrogen) atoms. The SMILES string of the molecule is CCn1ccnc1CN1c2ccccc2CC1C(=O)O. The molecule has 1 aromatic carbocycles. The van der Waals surface area contributed by atoms with Crippen molar-refractivity contribution in [3.8, 4) is 0 Å². The topological polar surface area (TPSA) is 58.4 Å². The maximum absolute atomic E-state index is 11.5. The summed E-state index contributed by atoms with van der Waals surface area (Å²) in [6, 6.07) is 7.38. The number of carboxylic acid groups (broad SMARTS) is 1. The molecule has 2 aromatic rings. The van der Waals surface area contributed by atoms with Crippen LogP contribution in [0.5, 0.6) is 0 Å². The Morgan fingerprint density at radius 2 is 2.25 bits per heavy atom. The number of hydrogen-bond acceptors (Lipinski definition) is 3. The smallest absolute Gasteiger partial charge is 0.326 e. The summed E-state index contributed by atoms with van der Waals surface area (Å²) >= 11 is 0. The van der Waals surface area contributed by atoms with Crippen LogP contribution in [0.3, 0.4) is 0 Å². The Morgan fingerprint density at radius 1 is 1.45 bits per heavy atom. The average Bonchev–Trinajstić information content (AvgIpc) is 3.04. The highest BCUT2D eigenvalue weighted by molar-refractivity contribution is 5.82. The van der Waals surface area contributed by atoms with Gasteiger partial charge in [0.25, 0.3) is 0 Å². The van der Waals surface area contributed by atoms with Crippen LogP contribution in [0.1, 0.15) is 18.3 Å². The molecular formula is C15H17N3O2. The third-order valence-corrected chi connectivity index (χ3v) is 3.83. The lowest BCUT2D eigenvalue weighted by atomic mass is 10.1. The van der Waals surface area contributed by atoms with Crippen LogP contribution in [0.15, 0.2) is 36.7 Å². The summed E-state index contributed by atoms with van der Waals surface area (Å²) < 4.78 is 2.04. The Labute approximate surface area is 117 Å². The number of imidazole rings is 1. The second kappa shape index (κ2) is 5.00. The van der Waals surface area contributed by atoms with Crippen molar-refractivity contribution in [1.82, 2.24) is 9.55 Å². The molecule has 1 aromatic heterocycles.